The van der Waals surface area contributed by atoms with Gasteiger partial charge in [-0.15, -0.1) is 0 Å². The summed E-state index contributed by atoms with van der Waals surface area (Å²) in [7, 11) is -2.46. The summed E-state index contributed by atoms with van der Waals surface area (Å²) in [5.41, 5.74) is 0.0930. The van der Waals surface area contributed by atoms with E-state index in [-0.39, 0.29) is 41.0 Å². The highest BCUT2D eigenvalue weighted by atomic mass is 32.2. The van der Waals surface area contributed by atoms with E-state index in [0.717, 1.165) is 6.07 Å². The Labute approximate surface area is 179 Å². The van der Waals surface area contributed by atoms with E-state index in [1.54, 1.807) is 19.2 Å². The van der Waals surface area contributed by atoms with Crippen molar-refractivity contribution in [3.63, 3.8) is 0 Å². The van der Waals surface area contributed by atoms with Crippen LogP contribution in [0.3, 0.4) is 0 Å². The molecule has 0 aliphatic carbocycles. The number of ether oxygens (including phenoxy) is 1. The number of benzene rings is 3. The second kappa shape index (κ2) is 9.57. The average molecular weight is 446 g/mol. The van der Waals surface area contributed by atoms with E-state index in [4.69, 9.17) is 4.74 Å². The topological polar surface area (TPSA) is 75.7 Å². The highest BCUT2D eigenvalue weighted by Gasteiger charge is 2.18. The third-order valence-corrected chi connectivity index (χ3v) is 5.78. The number of nitrogens with one attached hydrogen (secondary N) is 1. The van der Waals surface area contributed by atoms with Gasteiger partial charge in [0.2, 0.25) is 0 Å². The predicted octanol–water partition coefficient (Wildman–Crippen LogP) is 3.92. The SMILES string of the molecule is CN(CCOc1ccccc1F)C(=O)c1ccc(S(=O)(=O)Nc2ccccc2F)cc1. The van der Waals surface area contributed by atoms with Gasteiger partial charge in [0.15, 0.2) is 11.6 Å². The van der Waals surface area contributed by atoms with Crippen molar-refractivity contribution in [2.75, 3.05) is 24.9 Å². The number of carbonyl (C=O) groups excluding carboxylic acids is 1. The Morgan fingerprint density at radius 3 is 2.19 bits per heavy atom. The Balaban J connectivity index is 1.61. The maximum atomic E-state index is 13.7. The van der Waals surface area contributed by atoms with Crippen molar-refractivity contribution in [2.45, 2.75) is 4.90 Å². The first kappa shape index (κ1) is 22.2. The fourth-order valence-corrected chi connectivity index (χ4v) is 3.77. The van der Waals surface area contributed by atoms with Crippen LogP contribution in [-0.2, 0) is 10.0 Å². The lowest BCUT2D eigenvalue weighted by molar-refractivity contribution is 0.0773. The molecule has 31 heavy (non-hydrogen) atoms. The fourth-order valence-electron chi connectivity index (χ4n) is 2.70. The minimum absolute atomic E-state index is 0.0855. The van der Waals surface area contributed by atoms with Gasteiger partial charge in [0.25, 0.3) is 15.9 Å². The third-order valence-electron chi connectivity index (χ3n) is 4.40. The highest BCUT2D eigenvalue weighted by molar-refractivity contribution is 7.92. The Bertz CT molecular complexity index is 1170. The summed E-state index contributed by atoms with van der Waals surface area (Å²) < 4.78 is 59.7. The van der Waals surface area contributed by atoms with Gasteiger partial charge in [-0.2, -0.15) is 0 Å². The smallest absolute Gasteiger partial charge is 0.261 e. The zero-order valence-corrected chi connectivity index (χ0v) is 17.4. The van der Waals surface area contributed by atoms with Crippen LogP contribution in [0.5, 0.6) is 5.75 Å². The number of carbonyl (C=O) groups is 1. The number of halogens is 2. The summed E-state index contributed by atoms with van der Waals surface area (Å²) in [6.07, 6.45) is 0. The molecule has 0 radical (unpaired) electrons. The van der Waals surface area contributed by atoms with Gasteiger partial charge >= 0.3 is 0 Å². The number of amides is 1. The van der Waals surface area contributed by atoms with Crippen molar-refractivity contribution >= 4 is 21.6 Å². The molecule has 1 amide bonds. The Hall–Kier alpha value is -3.46. The van der Waals surface area contributed by atoms with E-state index < -0.39 is 21.7 Å². The number of rotatable bonds is 8. The quantitative estimate of drug-likeness (QED) is 0.569. The first-order valence-corrected chi connectivity index (χ1v) is 10.8. The molecule has 0 fully saturated rings. The zero-order chi connectivity index (χ0) is 22.4. The van der Waals surface area contributed by atoms with Gasteiger partial charge < -0.3 is 9.64 Å². The highest BCUT2D eigenvalue weighted by Crippen LogP contribution is 2.20. The number of sulfonamides is 1. The van der Waals surface area contributed by atoms with Gasteiger partial charge in [-0.1, -0.05) is 24.3 Å². The largest absolute Gasteiger partial charge is 0.489 e. The van der Waals surface area contributed by atoms with Gasteiger partial charge in [0.1, 0.15) is 12.4 Å². The molecular formula is C22H20F2N2O4S. The van der Waals surface area contributed by atoms with E-state index in [9.17, 15) is 22.0 Å². The molecule has 3 aromatic carbocycles. The molecule has 0 heterocycles. The van der Waals surface area contributed by atoms with Gasteiger partial charge in [-0.3, -0.25) is 9.52 Å². The third kappa shape index (κ3) is 5.58. The van der Waals surface area contributed by atoms with Crippen molar-refractivity contribution < 1.29 is 26.7 Å². The second-order valence-electron chi connectivity index (χ2n) is 6.62. The van der Waals surface area contributed by atoms with Crippen LogP contribution in [0.25, 0.3) is 0 Å². The Morgan fingerprint density at radius 1 is 0.935 bits per heavy atom. The van der Waals surface area contributed by atoms with Crippen molar-refractivity contribution in [3.8, 4) is 5.75 Å². The van der Waals surface area contributed by atoms with Gasteiger partial charge in [0.05, 0.1) is 17.1 Å². The van der Waals surface area contributed by atoms with E-state index in [1.807, 2.05) is 0 Å². The zero-order valence-electron chi connectivity index (χ0n) is 16.6. The summed E-state index contributed by atoms with van der Waals surface area (Å²) in [6.45, 7) is 0.282. The molecule has 0 aromatic heterocycles. The molecule has 0 bridgehead atoms. The second-order valence-corrected chi connectivity index (χ2v) is 8.30. The van der Waals surface area contributed by atoms with Crippen LogP contribution < -0.4 is 9.46 Å². The predicted molar refractivity (Wildman–Crippen MR) is 113 cm³/mol. The number of anilines is 1. The first-order valence-electron chi connectivity index (χ1n) is 9.28. The molecule has 3 rings (SSSR count). The molecule has 3 aromatic rings. The lowest BCUT2D eigenvalue weighted by Crippen LogP contribution is -2.31. The summed E-state index contributed by atoms with van der Waals surface area (Å²) in [5, 5.41) is 0. The molecule has 0 atom stereocenters. The molecule has 9 heteroatoms. The van der Waals surface area contributed by atoms with Crippen molar-refractivity contribution in [2.24, 2.45) is 0 Å². The van der Waals surface area contributed by atoms with Crippen LogP contribution >= 0.6 is 0 Å². The standard InChI is InChI=1S/C22H20F2N2O4S/c1-26(14-15-30-21-9-5-3-7-19(21)24)22(27)16-10-12-17(13-11-16)31(28,29)25-20-8-4-2-6-18(20)23/h2-13,25H,14-15H2,1H3. The fraction of sp³-hybridized carbons (Fsp3) is 0.136. The summed E-state index contributed by atoms with van der Waals surface area (Å²) in [6, 6.07) is 16.6. The van der Waals surface area contributed by atoms with Crippen molar-refractivity contribution in [1.82, 2.24) is 4.90 Å². The van der Waals surface area contributed by atoms with Crippen LogP contribution in [0, 0.1) is 11.6 Å². The molecule has 0 aliphatic rings. The number of hydrogen-bond donors (Lipinski definition) is 1. The number of nitrogens with zero attached hydrogens (tertiary/aromatic N) is 1. The Kier molecular flexibility index (Phi) is 6.86. The normalized spacial score (nSPS) is 11.1. The van der Waals surface area contributed by atoms with E-state index in [1.165, 1.54) is 59.5 Å². The summed E-state index contributed by atoms with van der Waals surface area (Å²) >= 11 is 0. The number of likely N-dealkylation sites (N-methyl/N-ethyl adjacent to an activating group) is 1. The molecular weight excluding hydrogens is 426 g/mol. The first-order chi connectivity index (χ1) is 14.8. The number of para-hydroxylation sites is 2. The molecule has 0 saturated heterocycles. The summed E-state index contributed by atoms with van der Waals surface area (Å²) in [5.74, 6) is -1.45. The molecule has 0 aliphatic heterocycles. The molecule has 0 unspecified atom stereocenters. The van der Waals surface area contributed by atoms with Crippen molar-refractivity contribution in [1.29, 1.82) is 0 Å². The molecule has 0 saturated carbocycles. The van der Waals surface area contributed by atoms with Gasteiger partial charge in [0, 0.05) is 12.6 Å². The lowest BCUT2D eigenvalue weighted by atomic mass is 10.2. The molecule has 0 spiro atoms. The maximum Gasteiger partial charge on any atom is 0.261 e. The lowest BCUT2D eigenvalue weighted by Gasteiger charge is -2.18. The van der Waals surface area contributed by atoms with Crippen LogP contribution in [0.15, 0.2) is 77.7 Å². The Morgan fingerprint density at radius 2 is 1.55 bits per heavy atom. The summed E-state index contributed by atoms with van der Waals surface area (Å²) in [4.78, 5) is 13.8. The van der Waals surface area contributed by atoms with E-state index >= 15 is 0 Å². The minimum Gasteiger partial charge on any atom is -0.489 e. The van der Waals surface area contributed by atoms with Crippen LogP contribution in [-0.4, -0.2) is 39.4 Å². The monoisotopic (exact) mass is 446 g/mol. The van der Waals surface area contributed by atoms with Crippen LogP contribution in [0.1, 0.15) is 10.4 Å². The maximum absolute atomic E-state index is 13.7. The van der Waals surface area contributed by atoms with Crippen molar-refractivity contribution in [3.05, 3.63) is 90.0 Å². The average Bonchev–Trinajstić information content (AvgIpc) is 2.76. The van der Waals surface area contributed by atoms with Crippen LogP contribution in [0.4, 0.5) is 14.5 Å². The van der Waals surface area contributed by atoms with E-state index in [0.29, 0.717) is 0 Å². The van der Waals surface area contributed by atoms with Gasteiger partial charge in [-0.05, 0) is 48.5 Å². The molecule has 6 nitrogen and oxygen atoms in total. The van der Waals surface area contributed by atoms with Crippen LogP contribution in [0.2, 0.25) is 0 Å². The minimum atomic E-state index is -4.02. The molecule has 162 valence electrons. The number of hydrogen-bond acceptors (Lipinski definition) is 4. The van der Waals surface area contributed by atoms with Gasteiger partial charge in [-0.25, -0.2) is 17.2 Å². The molecule has 1 N–H and O–H groups in total. The van der Waals surface area contributed by atoms with E-state index in [2.05, 4.69) is 4.72 Å².